The third kappa shape index (κ3) is 5.51. The second-order valence-electron chi connectivity index (χ2n) is 5.46. The van der Waals surface area contributed by atoms with Gasteiger partial charge in [0.05, 0.1) is 0 Å². The normalized spacial score (nSPS) is 11.7. The van der Waals surface area contributed by atoms with E-state index in [9.17, 15) is 22.4 Å². The fourth-order valence-corrected chi connectivity index (χ4v) is 8.96. The molecule has 1 heterocycles. The van der Waals surface area contributed by atoms with E-state index >= 15 is 0 Å². The van der Waals surface area contributed by atoms with Gasteiger partial charge in [-0.15, -0.1) is 0 Å². The summed E-state index contributed by atoms with van der Waals surface area (Å²) in [6, 6.07) is 5.27. The zero-order valence-electron chi connectivity index (χ0n) is 14.1. The molecule has 0 aliphatic heterocycles. The molecule has 27 heavy (non-hydrogen) atoms. The molecule has 0 radical (unpaired) electrons. The summed E-state index contributed by atoms with van der Waals surface area (Å²) in [5, 5.41) is 2.26. The van der Waals surface area contributed by atoms with Gasteiger partial charge in [0, 0.05) is 0 Å². The summed E-state index contributed by atoms with van der Waals surface area (Å²) in [4.78, 5) is 27.2. The molecule has 0 saturated carbocycles. The number of nitrogens with two attached hydrogens (primary N) is 1. The van der Waals surface area contributed by atoms with Crippen LogP contribution in [0.3, 0.4) is 0 Å². The number of anilines is 1. The fourth-order valence-electron chi connectivity index (χ4n) is 2.13. The van der Waals surface area contributed by atoms with Crippen LogP contribution in [-0.4, -0.2) is 45.6 Å². The first-order chi connectivity index (χ1) is 12.6. The van der Waals surface area contributed by atoms with Gasteiger partial charge >= 0.3 is 166 Å². The molecule has 11 heteroatoms. The molecule has 0 bridgehead atoms. The Labute approximate surface area is 166 Å². The van der Waals surface area contributed by atoms with Gasteiger partial charge in [-0.3, -0.25) is 0 Å². The number of amides is 2. The van der Waals surface area contributed by atoms with Crippen LogP contribution in [0, 0.1) is 5.82 Å². The van der Waals surface area contributed by atoms with E-state index in [4.69, 9.17) is 17.3 Å². The minimum absolute atomic E-state index is 0.00531. The summed E-state index contributed by atoms with van der Waals surface area (Å²) in [6.07, 6.45) is 1.62. The molecule has 0 aliphatic carbocycles. The maximum absolute atomic E-state index is 14.8. The standard InChI is InChI=1S/C16H16AsClFN3O4S/c1-2-7-27(25,26)17-10-4-5-11(18)13(14(10)19)16(24)22-9-3-6-12(15(20)23)21-8-9/h3-6,8,17H,2,7H2,1H3,(H2,20,23)(H,22,24). The van der Waals surface area contributed by atoms with Crippen molar-refractivity contribution in [3.8, 4) is 0 Å². The van der Waals surface area contributed by atoms with Crippen LogP contribution in [0.2, 0.25) is 5.02 Å². The van der Waals surface area contributed by atoms with Crippen molar-refractivity contribution in [2.45, 2.75) is 13.3 Å². The molecule has 0 spiro atoms. The van der Waals surface area contributed by atoms with E-state index in [0.29, 0.717) is 6.42 Å². The van der Waals surface area contributed by atoms with Crippen LogP contribution in [0.4, 0.5) is 10.1 Å². The molecule has 2 amide bonds. The molecule has 1 aromatic carbocycles. The average molecular weight is 476 g/mol. The zero-order chi connectivity index (χ0) is 20.2. The van der Waals surface area contributed by atoms with Crippen molar-refractivity contribution < 1.29 is 22.4 Å². The zero-order valence-corrected chi connectivity index (χ0v) is 17.8. The fraction of sp³-hybridized carbons (Fsp3) is 0.188. The SMILES string of the molecule is CCCS(=O)(=O)[AsH]c1ccc(Cl)c(C(=O)Nc2ccc(C(N)=O)nc2)c1F. The van der Waals surface area contributed by atoms with Gasteiger partial charge in [0.1, 0.15) is 0 Å². The van der Waals surface area contributed by atoms with Crippen LogP contribution in [-0.2, 0) is 8.10 Å². The van der Waals surface area contributed by atoms with Gasteiger partial charge in [-0.1, -0.05) is 0 Å². The quantitative estimate of drug-likeness (QED) is 0.580. The number of carbonyl (C=O) groups is 2. The monoisotopic (exact) mass is 475 g/mol. The number of benzene rings is 1. The number of hydrogen-bond acceptors (Lipinski definition) is 5. The summed E-state index contributed by atoms with van der Waals surface area (Å²) >= 11 is 4.11. The van der Waals surface area contributed by atoms with Crippen molar-refractivity contribution in [2.75, 3.05) is 11.1 Å². The Hall–Kier alpha value is -1.96. The number of aromatic nitrogens is 1. The van der Waals surface area contributed by atoms with Crippen LogP contribution < -0.4 is 15.4 Å². The summed E-state index contributed by atoms with van der Waals surface area (Å²) < 4.78 is 38.8. The third-order valence-electron chi connectivity index (χ3n) is 3.33. The Morgan fingerprint density at radius 1 is 1.30 bits per heavy atom. The van der Waals surface area contributed by atoms with E-state index in [-0.39, 0.29) is 26.5 Å². The van der Waals surface area contributed by atoms with Gasteiger partial charge < -0.3 is 0 Å². The predicted octanol–water partition coefficient (Wildman–Crippen LogP) is 1.03. The Kier molecular flexibility index (Phi) is 6.97. The maximum atomic E-state index is 14.8. The topological polar surface area (TPSA) is 119 Å². The van der Waals surface area contributed by atoms with Crippen molar-refractivity contribution in [3.05, 3.63) is 52.6 Å². The van der Waals surface area contributed by atoms with Crippen molar-refractivity contribution in [3.63, 3.8) is 0 Å². The number of rotatable bonds is 7. The number of pyridine rings is 1. The van der Waals surface area contributed by atoms with Crippen molar-refractivity contribution in [1.29, 1.82) is 0 Å². The van der Waals surface area contributed by atoms with E-state index in [1.165, 1.54) is 30.5 Å². The van der Waals surface area contributed by atoms with Gasteiger partial charge in [-0.05, 0) is 0 Å². The van der Waals surface area contributed by atoms with Gasteiger partial charge in [-0.2, -0.15) is 0 Å². The van der Waals surface area contributed by atoms with E-state index in [0.717, 1.165) is 0 Å². The van der Waals surface area contributed by atoms with Gasteiger partial charge in [0.2, 0.25) is 0 Å². The molecule has 0 aliphatic rings. The van der Waals surface area contributed by atoms with Gasteiger partial charge in [-0.25, -0.2) is 0 Å². The number of nitrogens with one attached hydrogen (secondary N) is 1. The summed E-state index contributed by atoms with van der Waals surface area (Å²) in [5.74, 6) is -2.56. The van der Waals surface area contributed by atoms with Crippen LogP contribution in [0.5, 0.6) is 0 Å². The van der Waals surface area contributed by atoms with Crippen molar-refractivity contribution in [1.82, 2.24) is 4.98 Å². The number of primary amides is 1. The molecule has 144 valence electrons. The Bertz CT molecular complexity index is 984. The van der Waals surface area contributed by atoms with Crippen LogP contribution in [0.1, 0.15) is 34.2 Å². The molecule has 0 fully saturated rings. The molecular formula is C16H16AsClFN3O4S. The average Bonchev–Trinajstić information content (AvgIpc) is 2.58. The van der Waals surface area contributed by atoms with Crippen LogP contribution in [0.15, 0.2) is 30.5 Å². The van der Waals surface area contributed by atoms with Gasteiger partial charge in [0.25, 0.3) is 0 Å². The Morgan fingerprint density at radius 3 is 2.56 bits per heavy atom. The van der Waals surface area contributed by atoms with Gasteiger partial charge in [0.15, 0.2) is 0 Å². The van der Waals surface area contributed by atoms with Crippen molar-refractivity contribution in [2.24, 2.45) is 5.73 Å². The van der Waals surface area contributed by atoms with E-state index in [1.807, 2.05) is 0 Å². The molecule has 7 nitrogen and oxygen atoms in total. The second kappa shape index (κ2) is 8.82. The first-order valence-electron chi connectivity index (χ1n) is 7.70. The minimum atomic E-state index is -3.38. The first kappa shape index (κ1) is 21.3. The second-order valence-corrected chi connectivity index (χ2v) is 14.0. The molecule has 1 atom stereocenters. The molecule has 3 N–H and O–H groups in total. The number of nitrogens with zero attached hydrogens (tertiary/aromatic N) is 1. The summed E-state index contributed by atoms with van der Waals surface area (Å²) in [6.45, 7) is 1.72. The van der Waals surface area contributed by atoms with E-state index in [2.05, 4.69) is 10.3 Å². The van der Waals surface area contributed by atoms with E-state index in [1.54, 1.807) is 6.92 Å². The van der Waals surface area contributed by atoms with Crippen LogP contribution >= 0.6 is 11.6 Å². The Balaban J connectivity index is 2.30. The molecule has 2 aromatic rings. The van der Waals surface area contributed by atoms with Crippen molar-refractivity contribution >= 4 is 56.1 Å². The number of carbonyl (C=O) groups excluding carboxylic acids is 2. The first-order valence-corrected chi connectivity index (χ1v) is 13.3. The van der Waals surface area contributed by atoms with E-state index < -0.39 is 45.9 Å². The summed E-state index contributed by atoms with van der Waals surface area (Å²) in [5.41, 5.74) is 4.84. The summed E-state index contributed by atoms with van der Waals surface area (Å²) in [7, 11) is -3.38. The molecule has 1 unspecified atom stereocenters. The third-order valence-corrected chi connectivity index (χ3v) is 10.6. The number of hydrogen-bond donors (Lipinski definition) is 2. The number of halogens is 2. The predicted molar refractivity (Wildman–Crippen MR) is 103 cm³/mol. The molecule has 1 aromatic heterocycles. The van der Waals surface area contributed by atoms with Crippen LogP contribution in [0.25, 0.3) is 0 Å². The molecule has 0 saturated heterocycles. The molecule has 2 rings (SSSR count). The Morgan fingerprint density at radius 2 is 2.00 bits per heavy atom. The molecular weight excluding hydrogens is 460 g/mol.